The highest BCUT2D eigenvalue weighted by Crippen LogP contribution is 2.23. The van der Waals surface area contributed by atoms with Crippen molar-refractivity contribution < 1.29 is 4.79 Å². The van der Waals surface area contributed by atoms with E-state index in [1.54, 1.807) is 12.3 Å². The van der Waals surface area contributed by atoms with Crippen LogP contribution in [-0.2, 0) is 0 Å². The Hall–Kier alpha value is -1.68. The lowest BCUT2D eigenvalue weighted by Crippen LogP contribution is -2.11. The van der Waals surface area contributed by atoms with Crippen LogP contribution < -0.4 is 5.73 Å². The molecule has 2 heterocycles. The summed E-state index contributed by atoms with van der Waals surface area (Å²) < 4.78 is 0. The Morgan fingerprint density at radius 2 is 2.36 bits per heavy atom. The molecular weight excluding hydrogens is 196 g/mol. The number of carbonyl (C=O) groups excluding carboxylic acids is 1. The third kappa shape index (κ3) is 1.65. The number of pyridine rings is 1. The highest BCUT2D eigenvalue weighted by atomic mass is 32.1. The average Bonchev–Trinajstić information content (AvgIpc) is 2.71. The zero-order valence-electron chi connectivity index (χ0n) is 7.23. The molecule has 2 aromatic rings. The maximum Gasteiger partial charge on any atom is 0.250 e. The molecule has 1 radical (unpaired) electrons. The van der Waals surface area contributed by atoms with Crippen LogP contribution in [0, 0.1) is 5.38 Å². The molecule has 1 amide bonds. The van der Waals surface area contributed by atoms with Gasteiger partial charge < -0.3 is 5.73 Å². The van der Waals surface area contributed by atoms with E-state index >= 15 is 0 Å². The molecule has 69 valence electrons. The van der Waals surface area contributed by atoms with Crippen LogP contribution in [0.3, 0.4) is 0 Å². The number of amides is 1. The predicted octanol–water partition coefficient (Wildman–Crippen LogP) is 1.71. The van der Waals surface area contributed by atoms with Crippen molar-refractivity contribution in [3.8, 4) is 10.4 Å². The number of aromatic nitrogens is 1. The largest absolute Gasteiger partial charge is 0.366 e. The molecule has 0 aliphatic heterocycles. The molecule has 4 heteroatoms. The Kier molecular flexibility index (Phi) is 2.28. The van der Waals surface area contributed by atoms with E-state index in [4.69, 9.17) is 5.73 Å². The molecule has 0 bridgehead atoms. The first-order valence-electron chi connectivity index (χ1n) is 3.98. The minimum absolute atomic E-state index is 0.427. The zero-order valence-corrected chi connectivity index (χ0v) is 8.04. The molecule has 0 fully saturated rings. The molecular formula is C10H7N2OS. The van der Waals surface area contributed by atoms with Crippen LogP contribution in [0.25, 0.3) is 10.4 Å². The monoisotopic (exact) mass is 203 g/mol. The highest BCUT2D eigenvalue weighted by molar-refractivity contribution is 7.13. The van der Waals surface area contributed by atoms with Crippen LogP contribution >= 0.6 is 11.3 Å². The second-order valence-corrected chi connectivity index (χ2v) is 3.62. The fourth-order valence-corrected chi connectivity index (χ4v) is 1.73. The van der Waals surface area contributed by atoms with Crippen LogP contribution in [0.1, 0.15) is 10.4 Å². The van der Waals surface area contributed by atoms with Crippen LogP contribution in [0.15, 0.2) is 30.6 Å². The van der Waals surface area contributed by atoms with Gasteiger partial charge in [-0.2, -0.15) is 0 Å². The number of hydrogen-bond acceptors (Lipinski definition) is 3. The van der Waals surface area contributed by atoms with Crippen LogP contribution in [-0.4, -0.2) is 10.9 Å². The van der Waals surface area contributed by atoms with E-state index in [-0.39, 0.29) is 0 Å². The third-order valence-electron chi connectivity index (χ3n) is 1.78. The summed E-state index contributed by atoms with van der Waals surface area (Å²) in [5.74, 6) is -0.458. The van der Waals surface area contributed by atoms with Gasteiger partial charge in [-0.1, -0.05) is 0 Å². The van der Waals surface area contributed by atoms with E-state index in [9.17, 15) is 4.79 Å². The number of rotatable bonds is 2. The second kappa shape index (κ2) is 3.59. The SMILES string of the molecule is NC(=O)c1cncc(-c2cc[c]s2)c1. The molecule has 0 spiro atoms. The topological polar surface area (TPSA) is 56.0 Å². The van der Waals surface area contributed by atoms with E-state index < -0.39 is 5.91 Å². The van der Waals surface area contributed by atoms with E-state index in [0.717, 1.165) is 10.4 Å². The molecule has 3 nitrogen and oxygen atoms in total. The van der Waals surface area contributed by atoms with Crippen LogP contribution in [0.4, 0.5) is 0 Å². The van der Waals surface area contributed by atoms with Crippen molar-refractivity contribution in [1.82, 2.24) is 4.98 Å². The van der Waals surface area contributed by atoms with Gasteiger partial charge in [-0.05, 0) is 18.2 Å². The van der Waals surface area contributed by atoms with Gasteiger partial charge in [-0.15, -0.1) is 11.3 Å². The normalized spacial score (nSPS) is 10.0. The smallest absolute Gasteiger partial charge is 0.250 e. The summed E-state index contributed by atoms with van der Waals surface area (Å²) in [4.78, 5) is 15.9. The molecule has 2 rings (SSSR count). The summed E-state index contributed by atoms with van der Waals surface area (Å²) in [6.07, 6.45) is 3.16. The lowest BCUT2D eigenvalue weighted by Gasteiger charge is -1.98. The number of carbonyl (C=O) groups is 1. The Labute approximate surface area is 85.2 Å². The summed E-state index contributed by atoms with van der Waals surface area (Å²) in [6, 6.07) is 5.48. The van der Waals surface area contributed by atoms with Gasteiger partial charge in [0, 0.05) is 28.2 Å². The molecule has 2 N–H and O–H groups in total. The van der Waals surface area contributed by atoms with Crippen molar-refractivity contribution in [2.24, 2.45) is 5.73 Å². The summed E-state index contributed by atoms with van der Waals surface area (Å²) in [6.45, 7) is 0. The Morgan fingerprint density at radius 1 is 1.50 bits per heavy atom. The summed E-state index contributed by atoms with van der Waals surface area (Å²) >= 11 is 1.48. The minimum Gasteiger partial charge on any atom is -0.366 e. The lowest BCUT2D eigenvalue weighted by molar-refractivity contribution is 0.1000. The van der Waals surface area contributed by atoms with Gasteiger partial charge in [0.1, 0.15) is 0 Å². The lowest BCUT2D eigenvalue weighted by atomic mass is 10.2. The Balaban J connectivity index is 2.46. The first-order valence-corrected chi connectivity index (χ1v) is 4.80. The number of primary amides is 1. The quantitative estimate of drug-likeness (QED) is 0.807. The number of nitrogens with zero attached hydrogens (tertiary/aromatic N) is 1. The molecule has 0 atom stereocenters. The van der Waals surface area contributed by atoms with Gasteiger partial charge in [-0.25, -0.2) is 0 Å². The van der Waals surface area contributed by atoms with E-state index in [1.165, 1.54) is 17.5 Å². The highest BCUT2D eigenvalue weighted by Gasteiger charge is 2.04. The minimum atomic E-state index is -0.458. The predicted molar refractivity (Wildman–Crippen MR) is 54.9 cm³/mol. The Morgan fingerprint density at radius 3 is 3.00 bits per heavy atom. The van der Waals surface area contributed by atoms with Crippen LogP contribution in [0.2, 0.25) is 0 Å². The zero-order chi connectivity index (χ0) is 9.97. The molecule has 0 saturated carbocycles. The molecule has 0 saturated heterocycles. The van der Waals surface area contributed by atoms with Gasteiger partial charge in [0.2, 0.25) is 5.91 Å². The average molecular weight is 203 g/mol. The number of hydrogen-bond donors (Lipinski definition) is 1. The summed E-state index contributed by atoms with van der Waals surface area (Å²) in [7, 11) is 0. The number of thiophene rings is 1. The van der Waals surface area contributed by atoms with Crippen molar-refractivity contribution in [3.63, 3.8) is 0 Å². The first kappa shape index (κ1) is 8.90. The summed E-state index contributed by atoms with van der Waals surface area (Å²) in [5, 5.41) is 2.97. The van der Waals surface area contributed by atoms with E-state index in [2.05, 4.69) is 10.4 Å². The van der Waals surface area contributed by atoms with Crippen molar-refractivity contribution in [3.05, 3.63) is 41.5 Å². The number of nitrogens with two attached hydrogens (primary N) is 1. The van der Waals surface area contributed by atoms with Gasteiger partial charge in [0.25, 0.3) is 0 Å². The van der Waals surface area contributed by atoms with Gasteiger partial charge in [0.15, 0.2) is 0 Å². The fourth-order valence-electron chi connectivity index (χ4n) is 1.11. The standard InChI is InChI=1S/C10H7N2OS/c11-10(13)8-4-7(5-12-6-8)9-2-1-3-14-9/h1-2,4-6H,(H2,11,13). The van der Waals surface area contributed by atoms with Gasteiger partial charge in [0.05, 0.1) is 5.56 Å². The molecule has 0 aromatic carbocycles. The summed E-state index contributed by atoms with van der Waals surface area (Å²) in [5.41, 5.74) is 6.48. The third-order valence-corrected chi connectivity index (χ3v) is 2.62. The molecule has 0 aliphatic rings. The maximum absolute atomic E-state index is 10.9. The van der Waals surface area contributed by atoms with Crippen LogP contribution in [0.5, 0.6) is 0 Å². The molecule has 14 heavy (non-hydrogen) atoms. The second-order valence-electron chi connectivity index (χ2n) is 2.74. The van der Waals surface area contributed by atoms with Crippen molar-refractivity contribution in [1.29, 1.82) is 0 Å². The molecule has 0 aliphatic carbocycles. The fraction of sp³-hybridized carbons (Fsp3) is 0. The van der Waals surface area contributed by atoms with E-state index in [1.807, 2.05) is 12.1 Å². The maximum atomic E-state index is 10.9. The molecule has 2 aromatic heterocycles. The van der Waals surface area contributed by atoms with Crippen molar-refractivity contribution >= 4 is 17.2 Å². The van der Waals surface area contributed by atoms with Crippen molar-refractivity contribution in [2.45, 2.75) is 0 Å². The Bertz CT molecular complexity index is 451. The van der Waals surface area contributed by atoms with Crippen molar-refractivity contribution in [2.75, 3.05) is 0 Å². The molecule has 0 unspecified atom stereocenters. The van der Waals surface area contributed by atoms with Gasteiger partial charge in [-0.3, -0.25) is 9.78 Å². The first-order chi connectivity index (χ1) is 6.77. The van der Waals surface area contributed by atoms with Gasteiger partial charge >= 0.3 is 0 Å². The van der Waals surface area contributed by atoms with E-state index in [0.29, 0.717) is 5.56 Å².